The van der Waals surface area contributed by atoms with Crippen LogP contribution in [0, 0.1) is 11.3 Å². The molecule has 9 aromatic rings. The molecule has 0 atom stereocenters. The fourth-order valence-electron chi connectivity index (χ4n) is 8.35. The fraction of sp³-hybridized carbons (Fsp3) is 0.0200. The minimum absolute atomic E-state index is 0.543. The van der Waals surface area contributed by atoms with Crippen LogP contribution in [0.15, 0.2) is 188 Å². The van der Waals surface area contributed by atoms with Gasteiger partial charge in [-0.15, -0.1) is 0 Å². The van der Waals surface area contributed by atoms with Gasteiger partial charge in [0.2, 0.25) is 0 Å². The third-order valence-electron chi connectivity index (χ3n) is 10.8. The molecule has 0 unspecified atom stereocenters. The van der Waals surface area contributed by atoms with Crippen molar-refractivity contribution in [3.05, 3.63) is 216 Å². The van der Waals surface area contributed by atoms with Crippen LogP contribution in [-0.4, -0.2) is 9.97 Å². The maximum absolute atomic E-state index is 9.69. The first kappa shape index (κ1) is 30.7. The Morgan fingerprint density at radius 3 is 1.58 bits per heavy atom. The third-order valence-corrected chi connectivity index (χ3v) is 10.8. The molecule has 53 heavy (non-hydrogen) atoms. The van der Waals surface area contributed by atoms with Crippen molar-refractivity contribution in [1.82, 2.24) is 9.97 Å². The quantitative estimate of drug-likeness (QED) is 0.171. The highest BCUT2D eigenvalue weighted by Crippen LogP contribution is 2.58. The van der Waals surface area contributed by atoms with E-state index in [0.717, 1.165) is 55.4 Å². The lowest BCUT2D eigenvalue weighted by molar-refractivity contribution is 0.769. The zero-order chi connectivity index (χ0) is 35.4. The molecule has 10 rings (SSSR count). The van der Waals surface area contributed by atoms with Gasteiger partial charge >= 0.3 is 0 Å². The lowest BCUT2D eigenvalue weighted by atomic mass is 9.67. The van der Waals surface area contributed by atoms with Crippen LogP contribution < -0.4 is 0 Å². The molecule has 2 heterocycles. The summed E-state index contributed by atoms with van der Waals surface area (Å²) >= 11 is 0. The second kappa shape index (κ2) is 12.3. The molecule has 1 aliphatic rings. The average molecular weight is 674 g/mol. The van der Waals surface area contributed by atoms with Crippen LogP contribution >= 0.6 is 0 Å². The third kappa shape index (κ3) is 4.81. The number of aromatic nitrogens is 2. The number of nitrogens with zero attached hydrogens (tertiary/aromatic N) is 3. The molecule has 0 amide bonds. The molecule has 0 saturated carbocycles. The Labute approximate surface area is 308 Å². The molecule has 0 spiro atoms. The summed E-state index contributed by atoms with van der Waals surface area (Å²) in [6.07, 6.45) is 0. The van der Waals surface area contributed by atoms with E-state index < -0.39 is 5.41 Å². The summed E-state index contributed by atoms with van der Waals surface area (Å²) in [5.41, 5.74) is 15.1. The molecule has 0 fully saturated rings. The van der Waals surface area contributed by atoms with Crippen LogP contribution in [0.25, 0.3) is 66.6 Å². The SMILES string of the molecule is N#Cc1ccc(-c2cc3c(cc2-c2ccc4ccc5ccc(-c6ccccc6)nc5c4n2)-c2ccccc2C3(c2ccccc2)c2ccccc2)cc1. The van der Waals surface area contributed by atoms with Crippen LogP contribution in [0.2, 0.25) is 0 Å². The van der Waals surface area contributed by atoms with E-state index >= 15 is 0 Å². The Hall–Kier alpha value is -7.15. The summed E-state index contributed by atoms with van der Waals surface area (Å²) in [7, 11) is 0. The molecule has 7 aromatic carbocycles. The van der Waals surface area contributed by atoms with Gasteiger partial charge in [0.25, 0.3) is 0 Å². The highest BCUT2D eigenvalue weighted by Gasteiger charge is 2.46. The van der Waals surface area contributed by atoms with E-state index in [9.17, 15) is 5.26 Å². The van der Waals surface area contributed by atoms with E-state index in [2.05, 4.69) is 164 Å². The normalized spacial score (nSPS) is 12.7. The van der Waals surface area contributed by atoms with Crippen LogP contribution in [0.4, 0.5) is 0 Å². The van der Waals surface area contributed by atoms with Crippen molar-refractivity contribution in [2.24, 2.45) is 0 Å². The van der Waals surface area contributed by atoms with Crippen molar-refractivity contribution in [3.63, 3.8) is 0 Å². The first-order valence-electron chi connectivity index (χ1n) is 17.9. The summed E-state index contributed by atoms with van der Waals surface area (Å²) in [5, 5.41) is 11.8. The summed E-state index contributed by atoms with van der Waals surface area (Å²) < 4.78 is 0. The molecule has 0 N–H and O–H groups in total. The molecular weight excluding hydrogens is 643 g/mol. The van der Waals surface area contributed by atoms with Gasteiger partial charge in [-0.3, -0.25) is 0 Å². The second-order valence-electron chi connectivity index (χ2n) is 13.6. The number of rotatable bonds is 5. The topological polar surface area (TPSA) is 49.6 Å². The number of pyridine rings is 2. The highest BCUT2D eigenvalue weighted by molar-refractivity contribution is 6.05. The van der Waals surface area contributed by atoms with E-state index in [4.69, 9.17) is 9.97 Å². The number of hydrogen-bond donors (Lipinski definition) is 0. The monoisotopic (exact) mass is 673 g/mol. The van der Waals surface area contributed by atoms with E-state index in [0.29, 0.717) is 5.56 Å². The minimum atomic E-state index is -0.543. The Bertz CT molecular complexity index is 2830. The van der Waals surface area contributed by atoms with Gasteiger partial charge in [-0.2, -0.15) is 5.26 Å². The van der Waals surface area contributed by atoms with Gasteiger partial charge in [0.05, 0.1) is 39.5 Å². The molecule has 0 radical (unpaired) electrons. The lowest BCUT2D eigenvalue weighted by Gasteiger charge is -2.34. The molecule has 3 heteroatoms. The number of hydrogen-bond acceptors (Lipinski definition) is 3. The van der Waals surface area contributed by atoms with Crippen LogP contribution in [0.5, 0.6) is 0 Å². The molecule has 0 bridgehead atoms. The first-order chi connectivity index (χ1) is 26.2. The lowest BCUT2D eigenvalue weighted by Crippen LogP contribution is -2.28. The predicted octanol–water partition coefficient (Wildman–Crippen LogP) is 12.0. The van der Waals surface area contributed by atoms with Crippen molar-refractivity contribution in [1.29, 1.82) is 5.26 Å². The summed E-state index contributed by atoms with van der Waals surface area (Å²) in [5.74, 6) is 0. The van der Waals surface area contributed by atoms with Gasteiger partial charge in [-0.05, 0) is 80.9 Å². The number of benzene rings is 7. The second-order valence-corrected chi connectivity index (χ2v) is 13.6. The predicted molar refractivity (Wildman–Crippen MR) is 215 cm³/mol. The Morgan fingerprint density at radius 2 is 0.943 bits per heavy atom. The zero-order valence-corrected chi connectivity index (χ0v) is 28.7. The minimum Gasteiger partial charge on any atom is -0.245 e. The van der Waals surface area contributed by atoms with Gasteiger partial charge in [0, 0.05) is 21.9 Å². The van der Waals surface area contributed by atoms with Crippen LogP contribution in [-0.2, 0) is 5.41 Å². The molecule has 0 aliphatic heterocycles. The molecular formula is C50H31N3. The van der Waals surface area contributed by atoms with Gasteiger partial charge < -0.3 is 0 Å². The highest BCUT2D eigenvalue weighted by atomic mass is 14.8. The van der Waals surface area contributed by atoms with Gasteiger partial charge in [0.15, 0.2) is 0 Å². The molecule has 246 valence electrons. The summed E-state index contributed by atoms with van der Waals surface area (Å²) in [6, 6.07) is 68.6. The summed E-state index contributed by atoms with van der Waals surface area (Å²) in [4.78, 5) is 10.6. The Kier molecular flexibility index (Phi) is 7.09. The van der Waals surface area contributed by atoms with Gasteiger partial charge in [0.1, 0.15) is 0 Å². The average Bonchev–Trinajstić information content (AvgIpc) is 3.54. The van der Waals surface area contributed by atoms with E-state index in [1.807, 2.05) is 30.3 Å². The van der Waals surface area contributed by atoms with E-state index in [1.165, 1.54) is 33.4 Å². The molecule has 1 aliphatic carbocycles. The molecule has 2 aromatic heterocycles. The van der Waals surface area contributed by atoms with Crippen molar-refractivity contribution in [2.45, 2.75) is 5.41 Å². The fourth-order valence-corrected chi connectivity index (χ4v) is 8.35. The van der Waals surface area contributed by atoms with Crippen molar-refractivity contribution >= 4 is 21.8 Å². The smallest absolute Gasteiger partial charge is 0.0991 e. The van der Waals surface area contributed by atoms with Crippen molar-refractivity contribution in [2.75, 3.05) is 0 Å². The van der Waals surface area contributed by atoms with Crippen LogP contribution in [0.3, 0.4) is 0 Å². The Morgan fingerprint density at radius 1 is 0.396 bits per heavy atom. The van der Waals surface area contributed by atoms with Crippen molar-refractivity contribution < 1.29 is 0 Å². The zero-order valence-electron chi connectivity index (χ0n) is 28.7. The van der Waals surface area contributed by atoms with Crippen LogP contribution in [0.1, 0.15) is 27.8 Å². The largest absolute Gasteiger partial charge is 0.245 e. The number of nitriles is 1. The molecule has 0 saturated heterocycles. The number of fused-ring (bicyclic) bond motifs is 6. The van der Waals surface area contributed by atoms with Gasteiger partial charge in [-0.1, -0.05) is 152 Å². The maximum atomic E-state index is 9.69. The maximum Gasteiger partial charge on any atom is 0.0991 e. The van der Waals surface area contributed by atoms with E-state index in [1.54, 1.807) is 0 Å². The summed E-state index contributed by atoms with van der Waals surface area (Å²) in [6.45, 7) is 0. The van der Waals surface area contributed by atoms with E-state index in [-0.39, 0.29) is 0 Å². The molecule has 3 nitrogen and oxygen atoms in total. The van der Waals surface area contributed by atoms with Crippen molar-refractivity contribution in [3.8, 4) is 50.8 Å². The first-order valence-corrected chi connectivity index (χ1v) is 17.9. The van der Waals surface area contributed by atoms with Gasteiger partial charge in [-0.25, -0.2) is 9.97 Å². The Balaban J connectivity index is 1.28. The standard InChI is InChI=1S/C50H31N3/c51-32-33-20-22-34(23-21-33)41-31-45-42(40-18-10-11-19-44(40)50(45,38-14-6-2-7-15-38)39-16-8-3-9-17-39)30-43(41)47-29-27-37-25-24-36-26-28-46(35-12-4-1-5-13-35)52-48(36)49(37)53-47/h1-31H.